The topological polar surface area (TPSA) is 130 Å². The van der Waals surface area contributed by atoms with E-state index in [9.17, 15) is 26.4 Å². The number of hydrogen-bond donors (Lipinski definition) is 4. The molecular formula is C21H20F3N5O3S. The maximum atomic E-state index is 13.5. The zero-order valence-electron chi connectivity index (χ0n) is 17.5. The Morgan fingerprint density at radius 1 is 1.06 bits per heavy atom. The number of alkyl halides is 3. The van der Waals surface area contributed by atoms with E-state index < -0.39 is 33.6 Å². The maximum Gasteiger partial charge on any atom is 0.418 e. The predicted molar refractivity (Wildman–Crippen MR) is 117 cm³/mol. The molecule has 0 aliphatic rings. The second kappa shape index (κ2) is 8.62. The van der Waals surface area contributed by atoms with Gasteiger partial charge in [-0.2, -0.15) is 13.2 Å². The van der Waals surface area contributed by atoms with Gasteiger partial charge in [-0.25, -0.2) is 13.1 Å². The Labute approximate surface area is 187 Å². The van der Waals surface area contributed by atoms with Gasteiger partial charge < -0.3 is 15.6 Å². The molecule has 0 atom stereocenters. The number of hydrogen-bond acceptors (Lipinski definition) is 4. The Kier molecular flexibility index (Phi) is 6.23. The van der Waals surface area contributed by atoms with Crippen LogP contribution in [0, 0.1) is 19.3 Å². The van der Waals surface area contributed by atoms with Crippen LogP contribution in [0.2, 0.25) is 0 Å². The lowest BCUT2D eigenvalue weighted by atomic mass is 10.1. The molecule has 5 N–H and O–H groups in total. The van der Waals surface area contributed by atoms with Gasteiger partial charge in [0.1, 0.15) is 0 Å². The molecular weight excluding hydrogens is 459 g/mol. The molecule has 1 heterocycles. The molecule has 0 fully saturated rings. The molecule has 3 aromatic rings. The van der Waals surface area contributed by atoms with E-state index in [1.807, 2.05) is 4.72 Å². The standard InChI is InChI=1S/C21H20F3N5O3S/c1-12-11-16(13(2)29(12)18-6-4-3-5-17(18)21(22,23)24)19(30)27-14-7-9-15(10-8-14)33(31,32)28-20(25)26/h3-11H,1-2H3,(H,27,30)(H4,25,26,28). The van der Waals surface area contributed by atoms with Gasteiger partial charge in [0, 0.05) is 17.1 Å². The van der Waals surface area contributed by atoms with Crippen LogP contribution in [0.4, 0.5) is 18.9 Å². The molecule has 0 radical (unpaired) electrons. The molecule has 2 aromatic carbocycles. The first-order valence-electron chi connectivity index (χ1n) is 9.45. The van der Waals surface area contributed by atoms with Crippen LogP contribution in [-0.4, -0.2) is 24.9 Å². The number of nitrogens with two attached hydrogens (primary N) is 1. The van der Waals surface area contributed by atoms with Gasteiger partial charge in [-0.05, 0) is 56.3 Å². The molecule has 1 aromatic heterocycles. The summed E-state index contributed by atoms with van der Waals surface area (Å²) in [7, 11) is -4.02. The van der Waals surface area contributed by atoms with Crippen molar-refractivity contribution in [3.63, 3.8) is 0 Å². The number of benzene rings is 2. The molecule has 0 spiro atoms. The van der Waals surface area contributed by atoms with E-state index in [4.69, 9.17) is 11.1 Å². The lowest BCUT2D eigenvalue weighted by Gasteiger charge is -2.16. The van der Waals surface area contributed by atoms with Gasteiger partial charge in [0.2, 0.25) is 0 Å². The number of para-hydroxylation sites is 1. The Hall–Kier alpha value is -3.80. The average Bonchev–Trinajstić information content (AvgIpc) is 3.01. The molecule has 0 bridgehead atoms. The van der Waals surface area contributed by atoms with Gasteiger partial charge in [-0.1, -0.05) is 12.1 Å². The van der Waals surface area contributed by atoms with E-state index in [0.29, 0.717) is 11.4 Å². The second-order valence-corrected chi connectivity index (χ2v) is 8.82. The fraction of sp³-hybridized carbons (Fsp3) is 0.143. The van der Waals surface area contributed by atoms with Crippen LogP contribution < -0.4 is 15.8 Å². The number of nitrogens with one attached hydrogen (secondary N) is 3. The van der Waals surface area contributed by atoms with Crippen LogP contribution in [0.25, 0.3) is 5.69 Å². The second-order valence-electron chi connectivity index (χ2n) is 7.13. The number of halogens is 3. The Bertz CT molecular complexity index is 1330. The number of sulfonamides is 1. The number of nitrogens with zero attached hydrogens (tertiary/aromatic N) is 1. The van der Waals surface area contributed by atoms with Gasteiger partial charge >= 0.3 is 6.18 Å². The molecule has 0 saturated carbocycles. The lowest BCUT2D eigenvalue weighted by Crippen LogP contribution is -2.35. The number of rotatable bonds is 5. The highest BCUT2D eigenvalue weighted by atomic mass is 32.2. The highest BCUT2D eigenvalue weighted by Gasteiger charge is 2.34. The van der Waals surface area contributed by atoms with E-state index in [-0.39, 0.29) is 21.8 Å². The zero-order valence-corrected chi connectivity index (χ0v) is 18.3. The summed E-state index contributed by atoms with van der Waals surface area (Å²) in [6.45, 7) is 3.14. The number of amides is 1. The van der Waals surface area contributed by atoms with Crippen LogP contribution in [0.15, 0.2) is 59.5 Å². The summed E-state index contributed by atoms with van der Waals surface area (Å²) in [4.78, 5) is 12.7. The normalized spacial score (nSPS) is 11.8. The molecule has 174 valence electrons. The summed E-state index contributed by atoms with van der Waals surface area (Å²) in [5, 5.41) is 9.64. The van der Waals surface area contributed by atoms with Crippen LogP contribution in [0.1, 0.15) is 27.3 Å². The summed E-state index contributed by atoms with van der Waals surface area (Å²) in [5.41, 5.74) is 5.32. The summed E-state index contributed by atoms with van der Waals surface area (Å²) in [6.07, 6.45) is -4.57. The molecule has 33 heavy (non-hydrogen) atoms. The largest absolute Gasteiger partial charge is 0.418 e. The van der Waals surface area contributed by atoms with E-state index in [1.54, 1.807) is 6.92 Å². The van der Waals surface area contributed by atoms with Gasteiger partial charge in [0.05, 0.1) is 21.7 Å². The first kappa shape index (κ1) is 23.9. The fourth-order valence-corrected chi connectivity index (χ4v) is 4.29. The number of carbonyl (C=O) groups is 1. The van der Waals surface area contributed by atoms with E-state index in [2.05, 4.69) is 5.32 Å². The van der Waals surface area contributed by atoms with Crippen molar-refractivity contribution in [2.75, 3.05) is 5.32 Å². The number of guanidine groups is 1. The van der Waals surface area contributed by atoms with Crippen molar-refractivity contribution in [1.29, 1.82) is 5.41 Å². The van der Waals surface area contributed by atoms with Crippen LogP contribution in [0.5, 0.6) is 0 Å². The van der Waals surface area contributed by atoms with Crippen molar-refractivity contribution in [2.45, 2.75) is 24.9 Å². The molecule has 0 aliphatic heterocycles. The lowest BCUT2D eigenvalue weighted by molar-refractivity contribution is -0.137. The highest BCUT2D eigenvalue weighted by molar-refractivity contribution is 7.90. The van der Waals surface area contributed by atoms with Gasteiger partial charge in [0.15, 0.2) is 5.96 Å². The van der Waals surface area contributed by atoms with E-state index in [1.165, 1.54) is 60.0 Å². The zero-order chi connectivity index (χ0) is 24.6. The highest BCUT2D eigenvalue weighted by Crippen LogP contribution is 2.35. The number of carbonyl (C=O) groups excluding carboxylic acids is 1. The third-order valence-electron chi connectivity index (χ3n) is 4.79. The SMILES string of the molecule is Cc1cc(C(=O)Nc2ccc(S(=O)(=O)NC(=N)N)cc2)c(C)n1-c1ccccc1C(F)(F)F. The summed E-state index contributed by atoms with van der Waals surface area (Å²) in [5.74, 6) is -1.31. The fourth-order valence-electron chi connectivity index (χ4n) is 3.39. The summed E-state index contributed by atoms with van der Waals surface area (Å²) in [6, 6.07) is 11.7. The van der Waals surface area contributed by atoms with Crippen molar-refractivity contribution >= 4 is 27.6 Å². The Balaban J connectivity index is 1.90. The minimum Gasteiger partial charge on any atom is -0.369 e. The van der Waals surface area contributed by atoms with Crippen molar-refractivity contribution in [3.8, 4) is 5.69 Å². The van der Waals surface area contributed by atoms with Gasteiger partial charge in [-0.3, -0.25) is 10.2 Å². The average molecular weight is 479 g/mol. The van der Waals surface area contributed by atoms with Crippen molar-refractivity contribution < 1.29 is 26.4 Å². The van der Waals surface area contributed by atoms with E-state index in [0.717, 1.165) is 6.07 Å². The minimum absolute atomic E-state index is 0.0911. The quantitative estimate of drug-likeness (QED) is 0.329. The molecule has 3 rings (SSSR count). The summed E-state index contributed by atoms with van der Waals surface area (Å²) >= 11 is 0. The smallest absolute Gasteiger partial charge is 0.369 e. The van der Waals surface area contributed by atoms with Gasteiger partial charge in [-0.15, -0.1) is 0 Å². The Morgan fingerprint density at radius 3 is 2.24 bits per heavy atom. The van der Waals surface area contributed by atoms with Crippen LogP contribution in [-0.2, 0) is 16.2 Å². The minimum atomic E-state index is -4.57. The molecule has 8 nitrogen and oxygen atoms in total. The molecule has 12 heteroatoms. The first-order chi connectivity index (χ1) is 15.3. The number of aromatic nitrogens is 1. The van der Waals surface area contributed by atoms with Crippen molar-refractivity contribution in [1.82, 2.24) is 9.29 Å². The first-order valence-corrected chi connectivity index (χ1v) is 10.9. The Morgan fingerprint density at radius 2 is 1.67 bits per heavy atom. The molecule has 0 aliphatic carbocycles. The number of aryl methyl sites for hydroxylation is 1. The number of anilines is 1. The molecule has 1 amide bonds. The third-order valence-corrected chi connectivity index (χ3v) is 6.17. The van der Waals surface area contributed by atoms with E-state index >= 15 is 0 Å². The van der Waals surface area contributed by atoms with Crippen LogP contribution >= 0.6 is 0 Å². The summed E-state index contributed by atoms with van der Waals surface area (Å²) < 4.78 is 67.7. The predicted octanol–water partition coefficient (Wildman–Crippen LogP) is 3.54. The molecule has 0 unspecified atom stereocenters. The van der Waals surface area contributed by atoms with Gasteiger partial charge in [0.25, 0.3) is 15.9 Å². The van der Waals surface area contributed by atoms with Crippen molar-refractivity contribution in [3.05, 3.63) is 77.1 Å². The maximum absolute atomic E-state index is 13.5. The van der Waals surface area contributed by atoms with Crippen molar-refractivity contribution in [2.24, 2.45) is 5.73 Å². The monoisotopic (exact) mass is 479 g/mol. The molecule has 0 saturated heterocycles. The third kappa shape index (κ3) is 5.00. The van der Waals surface area contributed by atoms with Crippen LogP contribution in [0.3, 0.4) is 0 Å².